The summed E-state index contributed by atoms with van der Waals surface area (Å²) in [6, 6.07) is 5.71. The van der Waals surface area contributed by atoms with Crippen LogP contribution < -0.4 is 5.59 Å². The van der Waals surface area contributed by atoms with Crippen molar-refractivity contribution < 1.29 is 0 Å². The minimum atomic E-state index is 0.462. The van der Waals surface area contributed by atoms with Gasteiger partial charge in [0.25, 0.3) is 0 Å². The summed E-state index contributed by atoms with van der Waals surface area (Å²) in [4.78, 5) is 4.15. The zero-order valence-electron chi connectivity index (χ0n) is 6.33. The van der Waals surface area contributed by atoms with Crippen LogP contribution in [0.4, 0.5) is 0 Å². The zero-order chi connectivity index (χ0) is 7.56. The molecule has 10 heavy (non-hydrogen) atoms. The molecule has 0 saturated carbocycles. The summed E-state index contributed by atoms with van der Waals surface area (Å²) >= 11 is 0. The molecule has 0 N–H and O–H groups in total. The summed E-state index contributed by atoms with van der Waals surface area (Å²) in [6.07, 6.45) is 0. The van der Waals surface area contributed by atoms with Crippen LogP contribution in [0.25, 0.3) is 0 Å². The van der Waals surface area contributed by atoms with Gasteiger partial charge in [0.2, 0.25) is 0 Å². The quantitative estimate of drug-likeness (QED) is 0.518. The summed E-state index contributed by atoms with van der Waals surface area (Å²) in [6.45, 7) is 4.20. The van der Waals surface area contributed by atoms with Crippen LogP contribution in [0.15, 0.2) is 18.2 Å². The SMILES string of the molecule is [B]c1cccc(C(C)C)n1. The van der Waals surface area contributed by atoms with E-state index in [0.29, 0.717) is 11.5 Å². The van der Waals surface area contributed by atoms with Crippen molar-refractivity contribution in [1.29, 1.82) is 0 Å². The lowest BCUT2D eigenvalue weighted by atomic mass is 10.0. The Balaban J connectivity index is 2.96. The number of hydrogen-bond acceptors (Lipinski definition) is 1. The maximum absolute atomic E-state index is 5.49. The summed E-state index contributed by atoms with van der Waals surface area (Å²) < 4.78 is 0. The highest BCUT2D eigenvalue weighted by Crippen LogP contribution is 2.07. The molecule has 0 fully saturated rings. The van der Waals surface area contributed by atoms with Crippen molar-refractivity contribution in [3.8, 4) is 0 Å². The lowest BCUT2D eigenvalue weighted by Gasteiger charge is -2.03. The lowest BCUT2D eigenvalue weighted by molar-refractivity contribution is 0.827. The van der Waals surface area contributed by atoms with Crippen molar-refractivity contribution in [2.75, 3.05) is 0 Å². The van der Waals surface area contributed by atoms with Gasteiger partial charge in [-0.1, -0.05) is 26.0 Å². The number of pyridine rings is 1. The van der Waals surface area contributed by atoms with E-state index >= 15 is 0 Å². The molecule has 0 aromatic carbocycles. The van der Waals surface area contributed by atoms with E-state index < -0.39 is 0 Å². The molecule has 0 unspecified atom stereocenters. The zero-order valence-corrected chi connectivity index (χ0v) is 6.33. The number of nitrogens with zero attached hydrogens (tertiary/aromatic N) is 1. The molecular weight excluding hydrogens is 121 g/mol. The Labute approximate surface area is 62.9 Å². The summed E-state index contributed by atoms with van der Waals surface area (Å²) in [5.74, 6) is 0.462. The van der Waals surface area contributed by atoms with E-state index in [1.807, 2.05) is 12.1 Å². The van der Waals surface area contributed by atoms with E-state index in [4.69, 9.17) is 7.85 Å². The Hall–Kier alpha value is -0.785. The van der Waals surface area contributed by atoms with Crippen molar-refractivity contribution in [2.24, 2.45) is 0 Å². The summed E-state index contributed by atoms with van der Waals surface area (Å²) in [5.41, 5.74) is 1.66. The molecule has 1 heterocycles. The van der Waals surface area contributed by atoms with Gasteiger partial charge < -0.3 is 0 Å². The first kappa shape index (κ1) is 7.32. The normalized spacial score (nSPS) is 10.3. The van der Waals surface area contributed by atoms with Crippen molar-refractivity contribution in [2.45, 2.75) is 19.8 Å². The smallest absolute Gasteiger partial charge is 0.141 e. The highest BCUT2D eigenvalue weighted by Gasteiger charge is 1.97. The van der Waals surface area contributed by atoms with Gasteiger partial charge in [0.05, 0.1) is 0 Å². The third-order valence-corrected chi connectivity index (χ3v) is 1.38. The average molecular weight is 131 g/mol. The van der Waals surface area contributed by atoms with Gasteiger partial charge in [0, 0.05) is 5.69 Å². The number of hydrogen-bond donors (Lipinski definition) is 0. The largest absolute Gasteiger partial charge is 0.269 e. The fourth-order valence-electron chi connectivity index (χ4n) is 0.790. The van der Waals surface area contributed by atoms with Crippen molar-refractivity contribution in [3.63, 3.8) is 0 Å². The van der Waals surface area contributed by atoms with E-state index in [9.17, 15) is 0 Å². The third kappa shape index (κ3) is 1.60. The minimum Gasteiger partial charge on any atom is -0.269 e. The second-order valence-electron chi connectivity index (χ2n) is 2.64. The Bertz CT molecular complexity index is 220. The minimum absolute atomic E-state index is 0.462. The lowest BCUT2D eigenvalue weighted by Crippen LogP contribution is -2.10. The van der Waals surface area contributed by atoms with E-state index in [0.717, 1.165) is 5.69 Å². The van der Waals surface area contributed by atoms with Crippen LogP contribution >= 0.6 is 0 Å². The Morgan fingerprint density at radius 1 is 1.40 bits per heavy atom. The molecular formula is C8H10BN. The summed E-state index contributed by atoms with van der Waals surface area (Å²) in [7, 11) is 5.49. The number of rotatable bonds is 1. The molecule has 0 atom stereocenters. The number of aromatic nitrogens is 1. The fraction of sp³-hybridized carbons (Fsp3) is 0.375. The second-order valence-corrected chi connectivity index (χ2v) is 2.64. The Morgan fingerprint density at radius 2 is 2.10 bits per heavy atom. The van der Waals surface area contributed by atoms with Crippen LogP contribution in [0.5, 0.6) is 0 Å². The maximum Gasteiger partial charge on any atom is 0.141 e. The van der Waals surface area contributed by atoms with Gasteiger partial charge in [-0.05, 0) is 17.6 Å². The van der Waals surface area contributed by atoms with Crippen LogP contribution in [0, 0.1) is 0 Å². The van der Waals surface area contributed by atoms with E-state index in [-0.39, 0.29) is 0 Å². The van der Waals surface area contributed by atoms with Gasteiger partial charge in [-0.2, -0.15) is 0 Å². The van der Waals surface area contributed by atoms with E-state index in [1.54, 1.807) is 6.07 Å². The van der Waals surface area contributed by atoms with Gasteiger partial charge in [-0.3, -0.25) is 4.98 Å². The molecule has 50 valence electrons. The first-order valence-electron chi connectivity index (χ1n) is 3.42. The predicted molar refractivity (Wildman–Crippen MR) is 43.7 cm³/mol. The third-order valence-electron chi connectivity index (χ3n) is 1.38. The molecule has 2 heteroatoms. The van der Waals surface area contributed by atoms with Gasteiger partial charge in [0.15, 0.2) is 0 Å². The molecule has 0 aliphatic rings. The molecule has 0 bridgehead atoms. The van der Waals surface area contributed by atoms with Crippen LogP contribution in [0.3, 0.4) is 0 Å². The standard InChI is InChI=1S/C8H10BN/c1-6(2)7-4-3-5-8(9)10-7/h3-6H,1-2H3. The molecule has 0 aliphatic carbocycles. The molecule has 1 nitrogen and oxygen atoms in total. The molecule has 0 aliphatic heterocycles. The van der Waals surface area contributed by atoms with Gasteiger partial charge in [-0.25, -0.2) is 0 Å². The fourth-order valence-corrected chi connectivity index (χ4v) is 0.790. The molecule has 1 aromatic rings. The second kappa shape index (κ2) is 2.87. The Kier molecular flexibility index (Phi) is 2.10. The highest BCUT2D eigenvalue weighted by atomic mass is 14.7. The first-order valence-corrected chi connectivity index (χ1v) is 3.42. The predicted octanol–water partition coefficient (Wildman–Crippen LogP) is 0.999. The summed E-state index contributed by atoms with van der Waals surface area (Å²) in [5, 5.41) is 0. The van der Waals surface area contributed by atoms with E-state index in [2.05, 4.69) is 18.8 Å². The Morgan fingerprint density at radius 3 is 2.50 bits per heavy atom. The molecule has 0 spiro atoms. The van der Waals surface area contributed by atoms with Crippen molar-refractivity contribution >= 4 is 13.4 Å². The van der Waals surface area contributed by atoms with E-state index in [1.165, 1.54) is 0 Å². The van der Waals surface area contributed by atoms with Crippen molar-refractivity contribution in [1.82, 2.24) is 4.98 Å². The first-order chi connectivity index (χ1) is 4.70. The molecule has 1 aromatic heterocycles. The maximum atomic E-state index is 5.49. The van der Waals surface area contributed by atoms with Gasteiger partial charge in [0.1, 0.15) is 7.85 Å². The van der Waals surface area contributed by atoms with Crippen LogP contribution in [0.1, 0.15) is 25.5 Å². The van der Waals surface area contributed by atoms with Crippen LogP contribution in [-0.4, -0.2) is 12.8 Å². The topological polar surface area (TPSA) is 12.9 Å². The molecule has 1 rings (SSSR count). The molecule has 0 saturated heterocycles. The van der Waals surface area contributed by atoms with Gasteiger partial charge >= 0.3 is 0 Å². The molecule has 2 radical (unpaired) electrons. The van der Waals surface area contributed by atoms with Crippen molar-refractivity contribution in [3.05, 3.63) is 23.9 Å². The monoisotopic (exact) mass is 131 g/mol. The van der Waals surface area contributed by atoms with Crippen LogP contribution in [0.2, 0.25) is 0 Å². The van der Waals surface area contributed by atoms with Gasteiger partial charge in [-0.15, -0.1) is 0 Å². The average Bonchev–Trinajstić information content (AvgIpc) is 1.88. The highest BCUT2D eigenvalue weighted by molar-refractivity contribution is 6.30. The van der Waals surface area contributed by atoms with Crippen LogP contribution in [-0.2, 0) is 0 Å². The molecule has 0 amide bonds.